The van der Waals surface area contributed by atoms with E-state index in [2.05, 4.69) is 4.72 Å². The van der Waals surface area contributed by atoms with Crippen LogP contribution >= 0.6 is 0 Å². The molecule has 2 unspecified atom stereocenters. The van der Waals surface area contributed by atoms with Crippen LogP contribution in [-0.4, -0.2) is 26.2 Å². The molecule has 0 spiro atoms. The highest BCUT2D eigenvalue weighted by atomic mass is 32.2. The quantitative estimate of drug-likeness (QED) is 0.806. The van der Waals surface area contributed by atoms with Crippen molar-refractivity contribution in [3.8, 4) is 0 Å². The van der Waals surface area contributed by atoms with Crippen LogP contribution in [0.1, 0.15) is 13.8 Å². The minimum absolute atomic E-state index is 0.0841. The van der Waals surface area contributed by atoms with Gasteiger partial charge in [-0.25, -0.2) is 17.9 Å². The van der Waals surface area contributed by atoms with Crippen molar-refractivity contribution in [3.63, 3.8) is 0 Å². The second kappa shape index (κ2) is 5.97. The van der Waals surface area contributed by atoms with Crippen molar-refractivity contribution in [2.24, 2.45) is 5.92 Å². The van der Waals surface area contributed by atoms with Gasteiger partial charge in [-0.15, -0.1) is 0 Å². The summed E-state index contributed by atoms with van der Waals surface area (Å²) in [7, 11) is -3.70. The number of fused-ring (bicyclic) bond motifs is 1. The third-order valence-electron chi connectivity index (χ3n) is 3.38. The first-order chi connectivity index (χ1) is 9.83. The molecule has 7 heteroatoms. The summed E-state index contributed by atoms with van der Waals surface area (Å²) in [6.45, 7) is 3.34. The Morgan fingerprint density at radius 1 is 1.24 bits per heavy atom. The first-order valence-corrected chi connectivity index (χ1v) is 7.99. The van der Waals surface area contributed by atoms with Crippen molar-refractivity contribution < 1.29 is 17.9 Å². The van der Waals surface area contributed by atoms with E-state index in [0.29, 0.717) is 11.0 Å². The van der Waals surface area contributed by atoms with Gasteiger partial charge >= 0.3 is 5.63 Å². The molecule has 1 aromatic carbocycles. The van der Waals surface area contributed by atoms with Crippen LogP contribution in [0.25, 0.3) is 11.0 Å². The molecule has 0 amide bonds. The molecule has 2 aromatic rings. The summed E-state index contributed by atoms with van der Waals surface area (Å²) in [6.07, 6.45) is 0. The molecule has 21 heavy (non-hydrogen) atoms. The molecule has 0 fully saturated rings. The summed E-state index contributed by atoms with van der Waals surface area (Å²) >= 11 is 0. The summed E-state index contributed by atoms with van der Waals surface area (Å²) in [5.41, 5.74) is -0.153. The highest BCUT2D eigenvalue weighted by molar-refractivity contribution is 7.89. The fourth-order valence-corrected chi connectivity index (χ4v) is 3.19. The van der Waals surface area contributed by atoms with Gasteiger partial charge in [0.25, 0.3) is 0 Å². The van der Waals surface area contributed by atoms with Gasteiger partial charge in [-0.05, 0) is 37.1 Å². The van der Waals surface area contributed by atoms with E-state index in [9.17, 15) is 13.2 Å². The average molecular weight is 311 g/mol. The molecule has 2 N–H and O–H groups in total. The predicted molar refractivity (Wildman–Crippen MR) is 78.5 cm³/mol. The Bertz CT molecular complexity index is 796. The summed E-state index contributed by atoms with van der Waals surface area (Å²) in [4.78, 5) is 11.2. The molecular formula is C14H17NO5S. The Kier molecular flexibility index (Phi) is 4.46. The van der Waals surface area contributed by atoms with Crippen LogP contribution < -0.4 is 10.3 Å². The van der Waals surface area contributed by atoms with E-state index in [4.69, 9.17) is 9.52 Å². The first kappa shape index (κ1) is 15.7. The fourth-order valence-electron chi connectivity index (χ4n) is 1.80. The van der Waals surface area contributed by atoms with Crippen molar-refractivity contribution in [2.45, 2.75) is 24.8 Å². The largest absolute Gasteiger partial charge is 0.423 e. The lowest BCUT2D eigenvalue weighted by Gasteiger charge is -2.19. The molecule has 1 aromatic heterocycles. The number of sulfonamides is 1. The average Bonchev–Trinajstić information content (AvgIpc) is 2.45. The summed E-state index contributed by atoms with van der Waals surface area (Å²) in [5.74, 6) is -0.196. The zero-order valence-corrected chi connectivity index (χ0v) is 12.6. The maximum atomic E-state index is 12.3. The molecule has 0 aliphatic heterocycles. The van der Waals surface area contributed by atoms with Gasteiger partial charge in [-0.3, -0.25) is 0 Å². The molecule has 1 heterocycles. The number of aliphatic hydroxyl groups excluding tert-OH is 1. The van der Waals surface area contributed by atoms with E-state index in [1.807, 2.05) is 0 Å². The summed E-state index contributed by atoms with van der Waals surface area (Å²) in [6, 6.07) is 6.62. The second-order valence-corrected chi connectivity index (χ2v) is 6.74. The Hall–Kier alpha value is -1.70. The second-order valence-electron chi connectivity index (χ2n) is 5.02. The molecule has 0 radical (unpaired) electrons. The number of hydrogen-bond acceptors (Lipinski definition) is 5. The van der Waals surface area contributed by atoms with Gasteiger partial charge in [0.1, 0.15) is 5.58 Å². The lowest BCUT2D eigenvalue weighted by atomic mass is 10.1. The Morgan fingerprint density at radius 3 is 2.62 bits per heavy atom. The van der Waals surface area contributed by atoms with Gasteiger partial charge in [0.05, 0.1) is 4.90 Å². The molecule has 2 atom stereocenters. The molecule has 0 aliphatic carbocycles. The zero-order valence-electron chi connectivity index (χ0n) is 11.7. The van der Waals surface area contributed by atoms with Gasteiger partial charge in [-0.2, -0.15) is 0 Å². The number of benzene rings is 1. The van der Waals surface area contributed by atoms with Crippen LogP contribution in [0.3, 0.4) is 0 Å². The van der Waals surface area contributed by atoms with Gasteiger partial charge in [-0.1, -0.05) is 6.92 Å². The van der Waals surface area contributed by atoms with E-state index in [-0.39, 0.29) is 17.4 Å². The van der Waals surface area contributed by atoms with Gasteiger partial charge in [0.2, 0.25) is 10.0 Å². The molecule has 0 bridgehead atoms. The van der Waals surface area contributed by atoms with E-state index in [1.165, 1.54) is 30.3 Å². The Morgan fingerprint density at radius 2 is 1.95 bits per heavy atom. The molecule has 6 nitrogen and oxygen atoms in total. The van der Waals surface area contributed by atoms with Crippen molar-refractivity contribution in [3.05, 3.63) is 40.8 Å². The standard InChI is InChI=1S/C14H17NO5S/c1-9(8-16)10(2)15-21(18,19)12-4-5-13-11(7-12)3-6-14(17)20-13/h3-7,9-10,15-16H,8H2,1-2H3. The fraction of sp³-hybridized carbons (Fsp3) is 0.357. The molecule has 2 rings (SSSR count). The van der Waals surface area contributed by atoms with Crippen LogP contribution in [0.5, 0.6) is 0 Å². The van der Waals surface area contributed by atoms with E-state index in [0.717, 1.165) is 0 Å². The van der Waals surface area contributed by atoms with Crippen LogP contribution in [0.4, 0.5) is 0 Å². The zero-order chi connectivity index (χ0) is 15.6. The van der Waals surface area contributed by atoms with Crippen LogP contribution in [0.2, 0.25) is 0 Å². The van der Waals surface area contributed by atoms with Gasteiger partial charge in [0.15, 0.2) is 0 Å². The molecule has 0 aliphatic rings. The van der Waals surface area contributed by atoms with Crippen molar-refractivity contribution in [1.82, 2.24) is 4.72 Å². The predicted octanol–water partition coefficient (Wildman–Crippen LogP) is 1.09. The number of aliphatic hydroxyl groups is 1. The highest BCUT2D eigenvalue weighted by Gasteiger charge is 2.21. The van der Waals surface area contributed by atoms with E-state index >= 15 is 0 Å². The smallest absolute Gasteiger partial charge is 0.336 e. The lowest BCUT2D eigenvalue weighted by Crippen LogP contribution is -2.38. The topological polar surface area (TPSA) is 96.6 Å². The molecule has 0 saturated carbocycles. The molecular weight excluding hydrogens is 294 g/mol. The van der Waals surface area contributed by atoms with Gasteiger partial charge in [0, 0.05) is 24.1 Å². The third kappa shape index (κ3) is 3.49. The summed E-state index contributed by atoms with van der Waals surface area (Å²) < 4.78 is 32.1. The first-order valence-electron chi connectivity index (χ1n) is 6.50. The Balaban J connectivity index is 2.36. The molecule has 114 valence electrons. The van der Waals surface area contributed by atoms with Crippen molar-refractivity contribution >= 4 is 21.0 Å². The minimum Gasteiger partial charge on any atom is -0.423 e. The van der Waals surface area contributed by atoms with Crippen LogP contribution in [0.15, 0.2) is 44.4 Å². The minimum atomic E-state index is -3.70. The van der Waals surface area contributed by atoms with Crippen molar-refractivity contribution in [2.75, 3.05) is 6.61 Å². The number of rotatable bonds is 5. The Labute approximate surface area is 122 Å². The number of hydrogen-bond donors (Lipinski definition) is 2. The maximum absolute atomic E-state index is 12.3. The van der Waals surface area contributed by atoms with Crippen LogP contribution in [0, 0.1) is 5.92 Å². The highest BCUT2D eigenvalue weighted by Crippen LogP contribution is 2.18. The summed E-state index contributed by atoms with van der Waals surface area (Å²) in [5, 5.41) is 9.59. The lowest BCUT2D eigenvalue weighted by molar-refractivity contribution is 0.216. The number of nitrogens with one attached hydrogen (secondary N) is 1. The third-order valence-corrected chi connectivity index (χ3v) is 4.94. The van der Waals surface area contributed by atoms with E-state index in [1.54, 1.807) is 13.8 Å². The van der Waals surface area contributed by atoms with Gasteiger partial charge < -0.3 is 9.52 Å². The van der Waals surface area contributed by atoms with E-state index < -0.39 is 21.7 Å². The van der Waals surface area contributed by atoms with Crippen molar-refractivity contribution in [1.29, 1.82) is 0 Å². The molecule has 0 saturated heterocycles. The monoisotopic (exact) mass is 311 g/mol. The maximum Gasteiger partial charge on any atom is 0.336 e. The normalized spacial score (nSPS) is 15.0. The SMILES string of the molecule is CC(CO)C(C)NS(=O)(=O)c1ccc2oc(=O)ccc2c1. The van der Waals surface area contributed by atoms with Crippen LogP contribution in [-0.2, 0) is 10.0 Å².